The normalized spacial score (nSPS) is 20.4. The second-order valence-corrected chi connectivity index (χ2v) is 7.00. The Kier molecular flexibility index (Phi) is 6.67. The van der Waals surface area contributed by atoms with Crippen LogP contribution in [0.3, 0.4) is 0 Å². The summed E-state index contributed by atoms with van der Waals surface area (Å²) in [7, 11) is 0. The summed E-state index contributed by atoms with van der Waals surface area (Å²) in [5.74, 6) is -2.39. The molecule has 0 aromatic heterocycles. The monoisotopic (exact) mass is 368 g/mol. The van der Waals surface area contributed by atoms with Crippen LogP contribution in [0.5, 0.6) is 0 Å². The van der Waals surface area contributed by atoms with Crippen LogP contribution in [0.15, 0.2) is 0 Å². The molecule has 25 heavy (non-hydrogen) atoms. The van der Waals surface area contributed by atoms with Crippen molar-refractivity contribution in [1.29, 1.82) is 0 Å². The third-order valence-electron chi connectivity index (χ3n) is 3.38. The molecule has 2 aliphatic rings. The van der Waals surface area contributed by atoms with Crippen LogP contribution in [-0.2, 0) is 14.3 Å². The van der Waals surface area contributed by atoms with E-state index in [0.717, 1.165) is 19.3 Å². The van der Waals surface area contributed by atoms with Gasteiger partial charge in [0.1, 0.15) is 5.60 Å². The number of nitrogens with zero attached hydrogens (tertiary/aromatic N) is 1. The van der Waals surface area contributed by atoms with Gasteiger partial charge in [-0.25, -0.2) is 9.59 Å². The standard InChI is InChI=1S/C13H22N2O3.C2HF3O2/c1-13(2,3)18-12(17)15-7-6-10(8-15)14-11(16)9-4-5-9;3-2(4,5)1(6)7/h9-10H,4-8H2,1-3H3,(H,14,16);(H,6,7)/t10-;/m0./s1. The molecular formula is C15H23F3N2O5. The van der Waals surface area contributed by atoms with Crippen molar-refractivity contribution < 1.29 is 37.4 Å². The van der Waals surface area contributed by atoms with E-state index in [-0.39, 0.29) is 24.0 Å². The van der Waals surface area contributed by atoms with Gasteiger partial charge in [-0.1, -0.05) is 0 Å². The molecule has 2 amide bonds. The number of likely N-dealkylation sites (tertiary alicyclic amines) is 1. The molecule has 2 fully saturated rings. The van der Waals surface area contributed by atoms with E-state index in [2.05, 4.69) is 5.32 Å². The van der Waals surface area contributed by atoms with Gasteiger partial charge >= 0.3 is 18.2 Å². The number of aliphatic carboxylic acids is 1. The Balaban J connectivity index is 0.000000381. The molecule has 0 aromatic rings. The summed E-state index contributed by atoms with van der Waals surface area (Å²) in [6.45, 7) is 6.78. The molecule has 1 heterocycles. The van der Waals surface area contributed by atoms with E-state index in [0.29, 0.717) is 13.1 Å². The summed E-state index contributed by atoms with van der Waals surface area (Å²) in [5, 5.41) is 10.1. The van der Waals surface area contributed by atoms with Crippen molar-refractivity contribution in [2.24, 2.45) is 5.92 Å². The molecular weight excluding hydrogens is 345 g/mol. The minimum atomic E-state index is -5.08. The molecule has 0 aromatic carbocycles. The molecule has 1 saturated heterocycles. The molecule has 0 bridgehead atoms. The van der Waals surface area contributed by atoms with Crippen molar-refractivity contribution in [3.8, 4) is 0 Å². The van der Waals surface area contributed by atoms with Crippen molar-refractivity contribution in [3.63, 3.8) is 0 Å². The number of carboxylic acid groups (broad SMARTS) is 1. The van der Waals surface area contributed by atoms with E-state index in [9.17, 15) is 22.8 Å². The molecule has 1 atom stereocenters. The SMILES string of the molecule is CC(C)(C)OC(=O)N1CC[C@H](NC(=O)C2CC2)C1.O=C(O)C(F)(F)F. The van der Waals surface area contributed by atoms with Gasteiger partial charge in [-0.2, -0.15) is 13.2 Å². The first-order chi connectivity index (χ1) is 11.3. The van der Waals surface area contributed by atoms with E-state index in [4.69, 9.17) is 14.6 Å². The minimum absolute atomic E-state index is 0.0885. The molecule has 1 aliphatic heterocycles. The number of alkyl halides is 3. The number of rotatable bonds is 2. The Morgan fingerprint density at radius 2 is 1.64 bits per heavy atom. The zero-order valence-electron chi connectivity index (χ0n) is 14.4. The molecule has 7 nitrogen and oxygen atoms in total. The van der Waals surface area contributed by atoms with Crippen molar-refractivity contribution in [2.45, 2.75) is 57.9 Å². The average Bonchev–Trinajstić information content (AvgIpc) is 3.17. The Morgan fingerprint density at radius 1 is 1.12 bits per heavy atom. The van der Waals surface area contributed by atoms with Gasteiger partial charge in [0, 0.05) is 25.0 Å². The maximum absolute atomic E-state index is 11.8. The first-order valence-electron chi connectivity index (χ1n) is 7.88. The number of nitrogens with one attached hydrogen (secondary N) is 1. The van der Waals surface area contributed by atoms with Crippen LogP contribution < -0.4 is 5.32 Å². The lowest BCUT2D eigenvalue weighted by atomic mass is 10.2. The summed E-state index contributed by atoms with van der Waals surface area (Å²) in [5.41, 5.74) is -0.466. The summed E-state index contributed by atoms with van der Waals surface area (Å²) in [4.78, 5) is 34.0. The predicted molar refractivity (Wildman–Crippen MR) is 80.8 cm³/mol. The third-order valence-corrected chi connectivity index (χ3v) is 3.38. The smallest absolute Gasteiger partial charge is 0.475 e. The molecule has 0 spiro atoms. The quantitative estimate of drug-likeness (QED) is 0.779. The highest BCUT2D eigenvalue weighted by atomic mass is 19.4. The van der Waals surface area contributed by atoms with Gasteiger partial charge in [0.2, 0.25) is 5.91 Å². The van der Waals surface area contributed by atoms with Gasteiger partial charge in [-0.05, 0) is 40.0 Å². The second kappa shape index (κ2) is 7.92. The number of carbonyl (C=O) groups is 3. The van der Waals surface area contributed by atoms with E-state index >= 15 is 0 Å². The fraction of sp³-hybridized carbons (Fsp3) is 0.800. The van der Waals surface area contributed by atoms with Gasteiger partial charge in [-0.15, -0.1) is 0 Å². The van der Waals surface area contributed by atoms with Gasteiger partial charge in [-0.3, -0.25) is 4.79 Å². The molecule has 2 rings (SSSR count). The van der Waals surface area contributed by atoms with Crippen molar-refractivity contribution in [1.82, 2.24) is 10.2 Å². The van der Waals surface area contributed by atoms with Crippen LogP contribution in [0.2, 0.25) is 0 Å². The Labute approximate surface area is 143 Å². The first kappa shape index (κ1) is 21.0. The fourth-order valence-electron chi connectivity index (χ4n) is 2.03. The van der Waals surface area contributed by atoms with Crippen LogP contribution in [-0.4, -0.2) is 58.9 Å². The average molecular weight is 368 g/mol. The van der Waals surface area contributed by atoms with E-state index in [1.807, 2.05) is 20.8 Å². The highest BCUT2D eigenvalue weighted by Crippen LogP contribution is 2.29. The van der Waals surface area contributed by atoms with Crippen LogP contribution >= 0.6 is 0 Å². The summed E-state index contributed by atoms with van der Waals surface area (Å²) in [6, 6.07) is 0.0885. The van der Waals surface area contributed by atoms with Gasteiger partial charge in [0.05, 0.1) is 0 Å². The number of halogens is 3. The number of ether oxygens (including phenoxy) is 1. The third kappa shape index (κ3) is 8.08. The minimum Gasteiger partial charge on any atom is -0.475 e. The van der Waals surface area contributed by atoms with Crippen LogP contribution in [0.25, 0.3) is 0 Å². The van der Waals surface area contributed by atoms with Crippen molar-refractivity contribution in [3.05, 3.63) is 0 Å². The predicted octanol–water partition coefficient (Wildman–Crippen LogP) is 2.16. The number of amides is 2. The second-order valence-electron chi connectivity index (χ2n) is 7.00. The van der Waals surface area contributed by atoms with E-state index < -0.39 is 17.7 Å². The number of carbonyl (C=O) groups excluding carboxylic acids is 2. The summed E-state index contributed by atoms with van der Waals surface area (Å²) in [6.07, 6.45) is -2.54. The Bertz CT molecular complexity index is 512. The fourth-order valence-corrected chi connectivity index (χ4v) is 2.03. The topological polar surface area (TPSA) is 95.9 Å². The first-order valence-corrected chi connectivity index (χ1v) is 7.88. The van der Waals surface area contributed by atoms with E-state index in [1.165, 1.54) is 0 Å². The van der Waals surface area contributed by atoms with Gasteiger partial charge < -0.3 is 20.1 Å². The zero-order chi connectivity index (χ0) is 19.4. The van der Waals surface area contributed by atoms with Gasteiger partial charge in [0.25, 0.3) is 0 Å². The molecule has 0 unspecified atom stereocenters. The lowest BCUT2D eigenvalue weighted by Gasteiger charge is -2.24. The molecule has 0 radical (unpaired) electrons. The molecule has 144 valence electrons. The molecule has 1 aliphatic carbocycles. The Hall–Kier alpha value is -2.00. The highest BCUT2D eigenvalue weighted by molar-refractivity contribution is 5.81. The molecule has 1 saturated carbocycles. The van der Waals surface area contributed by atoms with Crippen molar-refractivity contribution in [2.75, 3.05) is 13.1 Å². The largest absolute Gasteiger partial charge is 0.490 e. The maximum atomic E-state index is 11.8. The number of carboxylic acids is 1. The zero-order valence-corrected chi connectivity index (χ0v) is 14.4. The van der Waals surface area contributed by atoms with Crippen LogP contribution in [0.4, 0.5) is 18.0 Å². The number of hydrogen-bond donors (Lipinski definition) is 2. The van der Waals surface area contributed by atoms with E-state index in [1.54, 1.807) is 4.90 Å². The van der Waals surface area contributed by atoms with Crippen LogP contribution in [0.1, 0.15) is 40.0 Å². The number of hydrogen-bond acceptors (Lipinski definition) is 4. The summed E-state index contributed by atoms with van der Waals surface area (Å²) < 4.78 is 37.0. The van der Waals surface area contributed by atoms with Crippen LogP contribution in [0, 0.1) is 5.92 Å². The Morgan fingerprint density at radius 3 is 2.04 bits per heavy atom. The molecule has 2 N–H and O–H groups in total. The lowest BCUT2D eigenvalue weighted by molar-refractivity contribution is -0.192. The van der Waals surface area contributed by atoms with Crippen molar-refractivity contribution >= 4 is 18.0 Å². The lowest BCUT2D eigenvalue weighted by Crippen LogP contribution is -2.40. The van der Waals surface area contributed by atoms with Gasteiger partial charge in [0.15, 0.2) is 0 Å². The summed E-state index contributed by atoms with van der Waals surface area (Å²) >= 11 is 0. The maximum Gasteiger partial charge on any atom is 0.490 e. The molecule has 10 heteroatoms. The highest BCUT2D eigenvalue weighted by Gasteiger charge is 2.38.